The molecule has 1 amide bonds. The van der Waals surface area contributed by atoms with Crippen LogP contribution in [0.15, 0.2) is 24.3 Å². The van der Waals surface area contributed by atoms with Crippen LogP contribution in [0, 0.1) is 0 Å². The predicted molar refractivity (Wildman–Crippen MR) is 65.5 cm³/mol. The van der Waals surface area contributed by atoms with E-state index in [0.717, 1.165) is 12.0 Å². The van der Waals surface area contributed by atoms with E-state index in [1.54, 1.807) is 36.2 Å². The lowest BCUT2D eigenvalue weighted by molar-refractivity contribution is -0.130. The molecular weight excluding hydrogens is 218 g/mol. The number of amides is 1. The molecule has 17 heavy (non-hydrogen) atoms. The largest absolute Gasteiger partial charge is 0.508 e. The first-order chi connectivity index (χ1) is 8.13. The molecule has 0 aromatic heterocycles. The van der Waals surface area contributed by atoms with E-state index in [2.05, 4.69) is 0 Å². The zero-order valence-corrected chi connectivity index (χ0v) is 10.1. The fourth-order valence-electron chi connectivity index (χ4n) is 1.54. The first-order valence-corrected chi connectivity index (χ1v) is 5.76. The predicted octanol–water partition coefficient (Wildman–Crippen LogP) is 1.51. The highest BCUT2D eigenvalue weighted by molar-refractivity contribution is 5.75. The Balaban J connectivity index is 2.40. The molecule has 0 saturated heterocycles. The average molecular weight is 237 g/mol. The second kappa shape index (κ2) is 6.91. The number of aliphatic hydroxyl groups is 1. The van der Waals surface area contributed by atoms with Crippen molar-refractivity contribution in [2.75, 3.05) is 13.7 Å². The Morgan fingerprint density at radius 1 is 1.24 bits per heavy atom. The molecule has 0 aliphatic rings. The van der Waals surface area contributed by atoms with Gasteiger partial charge < -0.3 is 15.1 Å². The molecule has 1 rings (SSSR count). The number of rotatable bonds is 6. The van der Waals surface area contributed by atoms with Gasteiger partial charge >= 0.3 is 0 Å². The van der Waals surface area contributed by atoms with Crippen LogP contribution >= 0.6 is 0 Å². The summed E-state index contributed by atoms with van der Waals surface area (Å²) in [5.41, 5.74) is 0.987. The van der Waals surface area contributed by atoms with Gasteiger partial charge in [0.15, 0.2) is 0 Å². The molecule has 94 valence electrons. The van der Waals surface area contributed by atoms with Crippen molar-refractivity contribution in [1.82, 2.24) is 4.90 Å². The van der Waals surface area contributed by atoms with Gasteiger partial charge in [-0.15, -0.1) is 0 Å². The van der Waals surface area contributed by atoms with Crippen molar-refractivity contribution in [3.05, 3.63) is 29.8 Å². The number of unbranched alkanes of at least 4 members (excludes halogenated alkanes) is 1. The van der Waals surface area contributed by atoms with Crippen LogP contribution in [0.4, 0.5) is 0 Å². The maximum absolute atomic E-state index is 11.7. The number of carbonyl (C=O) groups excluding carboxylic acids is 1. The average Bonchev–Trinajstić information content (AvgIpc) is 2.32. The topological polar surface area (TPSA) is 60.8 Å². The van der Waals surface area contributed by atoms with Crippen LogP contribution in [-0.2, 0) is 11.3 Å². The van der Waals surface area contributed by atoms with E-state index in [1.807, 2.05) is 0 Å². The van der Waals surface area contributed by atoms with E-state index in [-0.39, 0.29) is 18.3 Å². The Hall–Kier alpha value is -1.55. The normalized spacial score (nSPS) is 10.2. The van der Waals surface area contributed by atoms with E-state index in [1.165, 1.54) is 0 Å². The van der Waals surface area contributed by atoms with Gasteiger partial charge in [-0.25, -0.2) is 0 Å². The van der Waals surface area contributed by atoms with Crippen LogP contribution < -0.4 is 0 Å². The van der Waals surface area contributed by atoms with Gasteiger partial charge in [-0.05, 0) is 30.5 Å². The van der Waals surface area contributed by atoms with E-state index < -0.39 is 0 Å². The smallest absolute Gasteiger partial charge is 0.222 e. The van der Waals surface area contributed by atoms with Gasteiger partial charge in [0.2, 0.25) is 5.91 Å². The van der Waals surface area contributed by atoms with Gasteiger partial charge in [-0.3, -0.25) is 4.79 Å². The molecule has 4 heteroatoms. The quantitative estimate of drug-likeness (QED) is 0.737. The van der Waals surface area contributed by atoms with Crippen LogP contribution in [0.5, 0.6) is 5.75 Å². The number of aromatic hydroxyl groups is 1. The number of hydrogen-bond donors (Lipinski definition) is 2. The third kappa shape index (κ3) is 4.87. The maximum Gasteiger partial charge on any atom is 0.222 e. The van der Waals surface area contributed by atoms with Crippen molar-refractivity contribution in [3.63, 3.8) is 0 Å². The van der Waals surface area contributed by atoms with Crippen LogP contribution in [0.3, 0.4) is 0 Å². The molecule has 0 spiro atoms. The Morgan fingerprint density at radius 2 is 1.88 bits per heavy atom. The highest BCUT2D eigenvalue weighted by Crippen LogP contribution is 2.11. The molecule has 0 heterocycles. The zero-order valence-electron chi connectivity index (χ0n) is 10.1. The van der Waals surface area contributed by atoms with Crippen molar-refractivity contribution in [2.45, 2.75) is 25.8 Å². The summed E-state index contributed by atoms with van der Waals surface area (Å²) in [7, 11) is 1.76. The molecule has 1 aromatic rings. The molecule has 0 aliphatic heterocycles. The summed E-state index contributed by atoms with van der Waals surface area (Å²) >= 11 is 0. The summed E-state index contributed by atoms with van der Waals surface area (Å²) < 4.78 is 0. The first-order valence-electron chi connectivity index (χ1n) is 5.76. The fraction of sp³-hybridized carbons (Fsp3) is 0.462. The summed E-state index contributed by atoms with van der Waals surface area (Å²) in [5, 5.41) is 17.8. The standard InChI is InChI=1S/C13H19NO3/c1-14(13(17)4-2-3-9-15)10-11-5-7-12(16)8-6-11/h5-8,15-16H,2-4,9-10H2,1H3. The van der Waals surface area contributed by atoms with Gasteiger partial charge in [-0.2, -0.15) is 0 Å². The summed E-state index contributed by atoms with van der Waals surface area (Å²) in [5.74, 6) is 0.303. The number of nitrogens with zero attached hydrogens (tertiary/aromatic N) is 1. The summed E-state index contributed by atoms with van der Waals surface area (Å²) in [6, 6.07) is 6.82. The van der Waals surface area contributed by atoms with Crippen LogP contribution in [0.2, 0.25) is 0 Å². The van der Waals surface area contributed by atoms with E-state index in [0.29, 0.717) is 19.4 Å². The van der Waals surface area contributed by atoms with Crippen LogP contribution in [-0.4, -0.2) is 34.7 Å². The lowest BCUT2D eigenvalue weighted by Crippen LogP contribution is -2.25. The lowest BCUT2D eigenvalue weighted by Gasteiger charge is -2.17. The number of hydrogen-bond acceptors (Lipinski definition) is 3. The Bertz CT molecular complexity index is 348. The Labute approximate surface area is 101 Å². The molecule has 1 aromatic carbocycles. The number of aliphatic hydroxyl groups excluding tert-OH is 1. The van der Waals surface area contributed by atoms with Crippen molar-refractivity contribution in [3.8, 4) is 5.75 Å². The molecule has 0 aliphatic carbocycles. The van der Waals surface area contributed by atoms with E-state index in [9.17, 15) is 4.79 Å². The minimum Gasteiger partial charge on any atom is -0.508 e. The Morgan fingerprint density at radius 3 is 2.47 bits per heavy atom. The monoisotopic (exact) mass is 237 g/mol. The number of carbonyl (C=O) groups is 1. The van der Waals surface area contributed by atoms with Gasteiger partial charge in [0.25, 0.3) is 0 Å². The van der Waals surface area contributed by atoms with Crippen LogP contribution in [0.25, 0.3) is 0 Å². The number of benzene rings is 1. The Kier molecular flexibility index (Phi) is 5.49. The summed E-state index contributed by atoms with van der Waals surface area (Å²) in [4.78, 5) is 13.3. The SMILES string of the molecule is CN(Cc1ccc(O)cc1)C(=O)CCCCO. The lowest BCUT2D eigenvalue weighted by atomic mass is 10.2. The minimum atomic E-state index is 0.0755. The van der Waals surface area contributed by atoms with Crippen molar-refractivity contribution in [2.24, 2.45) is 0 Å². The molecule has 0 radical (unpaired) electrons. The van der Waals surface area contributed by atoms with Crippen molar-refractivity contribution in [1.29, 1.82) is 0 Å². The minimum absolute atomic E-state index is 0.0755. The summed E-state index contributed by atoms with van der Waals surface area (Å²) in [6.45, 7) is 0.674. The highest BCUT2D eigenvalue weighted by Gasteiger charge is 2.08. The highest BCUT2D eigenvalue weighted by atomic mass is 16.3. The van der Waals surface area contributed by atoms with E-state index in [4.69, 9.17) is 10.2 Å². The molecule has 0 fully saturated rings. The molecule has 0 unspecified atom stereocenters. The third-order valence-corrected chi connectivity index (χ3v) is 2.58. The molecule has 2 N–H and O–H groups in total. The second-order valence-electron chi connectivity index (χ2n) is 4.10. The maximum atomic E-state index is 11.7. The van der Waals surface area contributed by atoms with Crippen molar-refractivity contribution >= 4 is 5.91 Å². The van der Waals surface area contributed by atoms with E-state index >= 15 is 0 Å². The fourth-order valence-corrected chi connectivity index (χ4v) is 1.54. The third-order valence-electron chi connectivity index (χ3n) is 2.58. The van der Waals surface area contributed by atoms with Crippen molar-refractivity contribution < 1.29 is 15.0 Å². The van der Waals surface area contributed by atoms with Crippen LogP contribution in [0.1, 0.15) is 24.8 Å². The van der Waals surface area contributed by atoms with Gasteiger partial charge in [-0.1, -0.05) is 12.1 Å². The molecule has 0 saturated carbocycles. The molecule has 0 bridgehead atoms. The summed E-state index contributed by atoms with van der Waals surface area (Å²) in [6.07, 6.45) is 1.85. The zero-order chi connectivity index (χ0) is 12.7. The first kappa shape index (κ1) is 13.5. The van der Waals surface area contributed by atoms with Gasteiger partial charge in [0, 0.05) is 26.6 Å². The molecular formula is C13H19NO3. The molecule has 4 nitrogen and oxygen atoms in total. The van der Waals surface area contributed by atoms with Gasteiger partial charge in [0.1, 0.15) is 5.75 Å². The number of phenols is 1. The number of phenolic OH excluding ortho intramolecular Hbond substituents is 1. The second-order valence-corrected chi connectivity index (χ2v) is 4.10. The molecule has 0 atom stereocenters. The van der Waals surface area contributed by atoms with Gasteiger partial charge in [0.05, 0.1) is 0 Å².